The zero-order chi connectivity index (χ0) is 15.4. The van der Waals surface area contributed by atoms with Crippen molar-refractivity contribution in [2.75, 3.05) is 19.5 Å². The van der Waals surface area contributed by atoms with Crippen molar-refractivity contribution >= 4 is 11.6 Å². The predicted octanol–water partition coefficient (Wildman–Crippen LogP) is 2.80. The van der Waals surface area contributed by atoms with Gasteiger partial charge in [0.15, 0.2) is 11.6 Å². The second-order valence-electron chi connectivity index (χ2n) is 4.29. The molecule has 1 aromatic carbocycles. The molecule has 1 amide bonds. The summed E-state index contributed by atoms with van der Waals surface area (Å²) in [6.07, 6.45) is 0. The number of hydrogen-bond acceptors (Lipinski definition) is 4. The van der Waals surface area contributed by atoms with E-state index in [0.717, 1.165) is 0 Å². The van der Waals surface area contributed by atoms with Gasteiger partial charge in [0, 0.05) is 11.6 Å². The van der Waals surface area contributed by atoms with Gasteiger partial charge in [-0.05, 0) is 31.2 Å². The second-order valence-corrected chi connectivity index (χ2v) is 4.29. The molecule has 2 rings (SSSR count). The van der Waals surface area contributed by atoms with E-state index in [0.29, 0.717) is 22.8 Å². The number of rotatable bonds is 4. The maximum Gasteiger partial charge on any atom is 0.255 e. The van der Waals surface area contributed by atoms with E-state index in [2.05, 4.69) is 10.3 Å². The maximum absolute atomic E-state index is 13.3. The monoisotopic (exact) mass is 290 g/mol. The first-order valence-electron chi connectivity index (χ1n) is 6.21. The van der Waals surface area contributed by atoms with Crippen molar-refractivity contribution < 1.29 is 18.7 Å². The number of aromatic nitrogens is 1. The molecule has 2 aromatic rings. The average Bonchev–Trinajstić information content (AvgIpc) is 2.49. The Morgan fingerprint density at radius 1 is 1.19 bits per heavy atom. The van der Waals surface area contributed by atoms with Gasteiger partial charge in [-0.1, -0.05) is 0 Å². The fourth-order valence-corrected chi connectivity index (χ4v) is 1.78. The average molecular weight is 290 g/mol. The van der Waals surface area contributed by atoms with Gasteiger partial charge in [-0.15, -0.1) is 0 Å². The first-order valence-corrected chi connectivity index (χ1v) is 6.21. The molecule has 0 unspecified atom stereocenters. The predicted molar refractivity (Wildman–Crippen MR) is 76.4 cm³/mol. The van der Waals surface area contributed by atoms with Gasteiger partial charge >= 0.3 is 0 Å². The zero-order valence-electron chi connectivity index (χ0n) is 11.9. The van der Waals surface area contributed by atoms with Crippen molar-refractivity contribution in [2.24, 2.45) is 0 Å². The molecule has 5 nitrogen and oxygen atoms in total. The Bertz CT molecular complexity index is 674. The van der Waals surface area contributed by atoms with Crippen LogP contribution >= 0.6 is 0 Å². The summed E-state index contributed by atoms with van der Waals surface area (Å²) in [6.45, 7) is 1.75. The molecule has 0 radical (unpaired) electrons. The third kappa shape index (κ3) is 3.28. The van der Waals surface area contributed by atoms with E-state index in [1.165, 1.54) is 32.4 Å². The van der Waals surface area contributed by atoms with Crippen LogP contribution in [0, 0.1) is 12.7 Å². The van der Waals surface area contributed by atoms with Gasteiger partial charge in [-0.3, -0.25) is 4.79 Å². The fraction of sp³-hybridized carbons (Fsp3) is 0.200. The lowest BCUT2D eigenvalue weighted by atomic mass is 10.2. The normalized spacial score (nSPS) is 10.1. The number of hydrogen-bond donors (Lipinski definition) is 1. The van der Waals surface area contributed by atoms with Gasteiger partial charge < -0.3 is 14.8 Å². The molecule has 0 atom stereocenters. The molecule has 0 saturated carbocycles. The molecule has 0 aliphatic carbocycles. The molecule has 0 spiro atoms. The van der Waals surface area contributed by atoms with Crippen molar-refractivity contribution in [3.63, 3.8) is 0 Å². The molecule has 1 aromatic heterocycles. The molecule has 0 aliphatic heterocycles. The van der Waals surface area contributed by atoms with Crippen molar-refractivity contribution in [2.45, 2.75) is 6.92 Å². The van der Waals surface area contributed by atoms with Crippen LogP contribution in [0.25, 0.3) is 0 Å². The fourth-order valence-electron chi connectivity index (χ4n) is 1.78. The summed E-state index contributed by atoms with van der Waals surface area (Å²) < 4.78 is 23.2. The lowest BCUT2D eigenvalue weighted by Gasteiger charge is -2.10. The number of aryl methyl sites for hydroxylation is 1. The molecular formula is C15H15FN2O3. The summed E-state index contributed by atoms with van der Waals surface area (Å²) in [7, 11) is 2.86. The van der Waals surface area contributed by atoms with Crippen LogP contribution in [0.1, 0.15) is 16.1 Å². The molecule has 0 saturated heterocycles. The lowest BCUT2D eigenvalue weighted by molar-refractivity contribution is 0.102. The number of anilines is 1. The van der Waals surface area contributed by atoms with Gasteiger partial charge in [0.05, 0.1) is 25.6 Å². The summed E-state index contributed by atoms with van der Waals surface area (Å²) in [6, 6.07) is 7.26. The highest BCUT2D eigenvalue weighted by Gasteiger charge is 2.12. The quantitative estimate of drug-likeness (QED) is 0.940. The van der Waals surface area contributed by atoms with Crippen LogP contribution in [-0.2, 0) is 0 Å². The van der Waals surface area contributed by atoms with E-state index in [9.17, 15) is 9.18 Å². The standard InChI is InChI=1S/C15H15FN2O3/c1-9-12(6-7-14(17-9)21-3)18-15(19)10-4-5-11(16)13(8-10)20-2/h4-8H,1-3H3,(H,18,19). The minimum Gasteiger partial charge on any atom is -0.494 e. The van der Waals surface area contributed by atoms with E-state index < -0.39 is 5.82 Å². The van der Waals surface area contributed by atoms with Crippen molar-refractivity contribution in [3.8, 4) is 11.6 Å². The van der Waals surface area contributed by atoms with Crippen LogP contribution < -0.4 is 14.8 Å². The molecule has 0 aliphatic rings. The van der Waals surface area contributed by atoms with Gasteiger partial charge in [0.1, 0.15) is 0 Å². The van der Waals surface area contributed by atoms with Gasteiger partial charge in [-0.2, -0.15) is 0 Å². The molecular weight excluding hydrogens is 275 g/mol. The van der Waals surface area contributed by atoms with Crippen LogP contribution in [0.5, 0.6) is 11.6 Å². The molecule has 6 heteroatoms. The minimum absolute atomic E-state index is 0.0206. The smallest absolute Gasteiger partial charge is 0.255 e. The Morgan fingerprint density at radius 2 is 1.95 bits per heavy atom. The SMILES string of the molecule is COc1ccc(NC(=O)c2ccc(F)c(OC)c2)c(C)n1. The van der Waals surface area contributed by atoms with Crippen LogP contribution in [0.15, 0.2) is 30.3 Å². The van der Waals surface area contributed by atoms with Crippen LogP contribution in [0.2, 0.25) is 0 Å². The van der Waals surface area contributed by atoms with Gasteiger partial charge in [-0.25, -0.2) is 9.37 Å². The number of nitrogens with one attached hydrogen (secondary N) is 1. The van der Waals surface area contributed by atoms with Crippen LogP contribution in [0.4, 0.5) is 10.1 Å². The number of methoxy groups -OCH3 is 2. The summed E-state index contributed by atoms with van der Waals surface area (Å²) in [5.41, 5.74) is 1.48. The number of nitrogens with zero attached hydrogens (tertiary/aromatic N) is 1. The zero-order valence-corrected chi connectivity index (χ0v) is 11.9. The molecule has 0 bridgehead atoms. The Morgan fingerprint density at radius 3 is 2.57 bits per heavy atom. The highest BCUT2D eigenvalue weighted by atomic mass is 19.1. The number of halogens is 1. The summed E-state index contributed by atoms with van der Waals surface area (Å²) in [5.74, 6) is -0.402. The van der Waals surface area contributed by atoms with Crippen molar-refractivity contribution in [1.29, 1.82) is 0 Å². The Hall–Kier alpha value is -2.63. The molecule has 110 valence electrons. The Labute approximate surface area is 121 Å². The molecule has 0 fully saturated rings. The third-order valence-corrected chi connectivity index (χ3v) is 2.93. The largest absolute Gasteiger partial charge is 0.494 e. The van der Waals surface area contributed by atoms with Gasteiger partial charge in [0.25, 0.3) is 5.91 Å². The van der Waals surface area contributed by atoms with Crippen LogP contribution in [0.3, 0.4) is 0 Å². The number of benzene rings is 1. The second kappa shape index (κ2) is 6.21. The summed E-state index contributed by atoms with van der Waals surface area (Å²) >= 11 is 0. The van der Waals surface area contributed by atoms with Crippen molar-refractivity contribution in [3.05, 3.63) is 47.4 Å². The molecule has 21 heavy (non-hydrogen) atoms. The van der Waals surface area contributed by atoms with E-state index in [-0.39, 0.29) is 11.7 Å². The third-order valence-electron chi connectivity index (χ3n) is 2.93. The number of ether oxygens (including phenoxy) is 2. The topological polar surface area (TPSA) is 60.5 Å². The van der Waals surface area contributed by atoms with E-state index in [1.807, 2.05) is 0 Å². The summed E-state index contributed by atoms with van der Waals surface area (Å²) in [5, 5.41) is 2.71. The highest BCUT2D eigenvalue weighted by molar-refractivity contribution is 6.04. The number of carbonyl (C=O) groups is 1. The summed E-state index contributed by atoms with van der Waals surface area (Å²) in [4.78, 5) is 16.3. The number of carbonyl (C=O) groups excluding carboxylic acids is 1. The van der Waals surface area contributed by atoms with E-state index in [1.54, 1.807) is 19.1 Å². The van der Waals surface area contributed by atoms with E-state index >= 15 is 0 Å². The Balaban J connectivity index is 2.22. The van der Waals surface area contributed by atoms with E-state index in [4.69, 9.17) is 9.47 Å². The highest BCUT2D eigenvalue weighted by Crippen LogP contribution is 2.21. The number of pyridine rings is 1. The molecule has 1 heterocycles. The first-order chi connectivity index (χ1) is 10.0. The number of amides is 1. The van der Waals surface area contributed by atoms with Crippen LogP contribution in [-0.4, -0.2) is 25.1 Å². The molecule has 1 N–H and O–H groups in total. The van der Waals surface area contributed by atoms with Gasteiger partial charge in [0.2, 0.25) is 5.88 Å². The lowest BCUT2D eigenvalue weighted by Crippen LogP contribution is -2.13. The minimum atomic E-state index is -0.517. The van der Waals surface area contributed by atoms with Crippen molar-refractivity contribution in [1.82, 2.24) is 4.98 Å². The first kappa shape index (κ1) is 14.8. The maximum atomic E-state index is 13.3. The Kier molecular flexibility index (Phi) is 4.37.